The summed E-state index contributed by atoms with van der Waals surface area (Å²) in [7, 11) is -0.611. The van der Waals surface area contributed by atoms with E-state index >= 15 is 0 Å². The average Bonchev–Trinajstić information content (AvgIpc) is 2.22. The molecule has 0 amide bonds. The van der Waals surface area contributed by atoms with Crippen molar-refractivity contribution < 1.29 is 28.5 Å². The monoisotopic (exact) mass is 244 g/mol. The fraction of sp³-hybridized carbons (Fsp3) is 0.667. The molecule has 82 valence electrons. The van der Waals surface area contributed by atoms with Crippen LogP contribution in [0.3, 0.4) is 0 Å². The number of aliphatic hydroxyl groups is 1. The van der Waals surface area contributed by atoms with E-state index in [0.29, 0.717) is 0 Å². The number of methoxy groups -OCH3 is 1. The molecule has 0 aliphatic carbocycles. The predicted molar refractivity (Wildman–Crippen MR) is 48.8 cm³/mol. The zero-order chi connectivity index (χ0) is 11.0. The summed E-state index contributed by atoms with van der Waals surface area (Å²) in [6, 6.07) is 0. The molecule has 0 aromatic rings. The van der Waals surface area contributed by atoms with Crippen LogP contribution in [-0.4, -0.2) is 43.8 Å². The van der Waals surface area contributed by atoms with Crippen molar-refractivity contribution in [2.24, 2.45) is 0 Å². The van der Waals surface area contributed by atoms with Gasteiger partial charge >= 0.3 is 5.97 Å². The molecule has 0 fully saturated rings. The van der Waals surface area contributed by atoms with Crippen LogP contribution in [0.25, 0.3) is 0 Å². The van der Waals surface area contributed by atoms with E-state index in [1.165, 1.54) is 7.11 Å². The summed E-state index contributed by atoms with van der Waals surface area (Å²) in [5.74, 6) is -1.10. The Hall–Kier alpha value is -0.260. The van der Waals surface area contributed by atoms with E-state index in [2.05, 4.69) is 13.8 Å². The van der Waals surface area contributed by atoms with Gasteiger partial charge < -0.3 is 18.9 Å². The number of ketones is 1. The zero-order valence-corrected chi connectivity index (χ0v) is 9.09. The number of hydrogen-bond donors (Lipinski definition) is 1. The van der Waals surface area contributed by atoms with Crippen molar-refractivity contribution in [3.63, 3.8) is 0 Å². The smallest absolute Gasteiger partial charge is 0.332 e. The second kappa shape index (κ2) is 8.08. The van der Waals surface area contributed by atoms with Gasteiger partial charge in [-0.2, -0.15) is 0 Å². The number of ether oxygens (including phenoxy) is 1. The molecular weight excluding hydrogens is 234 g/mol. The van der Waals surface area contributed by atoms with Crippen molar-refractivity contribution in [2.75, 3.05) is 26.9 Å². The van der Waals surface area contributed by atoms with E-state index in [0.717, 1.165) is 0 Å². The van der Waals surface area contributed by atoms with Crippen molar-refractivity contribution in [2.45, 2.75) is 0 Å². The molecule has 0 rings (SSSR count). The fourth-order valence-electron chi connectivity index (χ4n) is 0.368. The maximum absolute atomic E-state index is 10.6. The third-order valence-corrected chi connectivity index (χ3v) is 2.26. The fourth-order valence-corrected chi connectivity index (χ4v) is 1.19. The van der Waals surface area contributed by atoms with Crippen LogP contribution in [0.5, 0.6) is 0 Å². The quantitative estimate of drug-likeness (QED) is 0.510. The lowest BCUT2D eigenvalue weighted by Crippen LogP contribution is -2.12. The third-order valence-electron chi connectivity index (χ3n) is 1.01. The topological polar surface area (TPSA) is 82.1 Å². The molecule has 0 aliphatic rings. The zero-order valence-electron chi connectivity index (χ0n) is 7.43. The van der Waals surface area contributed by atoms with Gasteiger partial charge in [0.1, 0.15) is 13.2 Å². The molecule has 0 radical (unpaired) electrons. The minimum absolute atomic E-state index is 0.334. The van der Waals surface area contributed by atoms with Crippen LogP contribution >= 0.6 is 19.0 Å². The highest BCUT2D eigenvalue weighted by molar-refractivity contribution is 7.76. The highest BCUT2D eigenvalue weighted by Crippen LogP contribution is 2.43. The molecule has 8 heteroatoms. The van der Waals surface area contributed by atoms with E-state index < -0.39 is 26.1 Å². The Balaban J connectivity index is 3.50. The molecular formula is C6H10ClO6P. The molecule has 0 aromatic carbocycles. The molecule has 0 saturated heterocycles. The molecule has 6 nitrogen and oxygen atoms in total. The van der Waals surface area contributed by atoms with Crippen LogP contribution in [0.2, 0.25) is 0 Å². The van der Waals surface area contributed by atoms with Crippen molar-refractivity contribution in [1.29, 1.82) is 0 Å². The van der Waals surface area contributed by atoms with E-state index in [9.17, 15) is 9.59 Å². The largest absolute Gasteiger partial charge is 0.467 e. The summed E-state index contributed by atoms with van der Waals surface area (Å²) < 4.78 is 13.6. The van der Waals surface area contributed by atoms with Crippen LogP contribution in [0.1, 0.15) is 0 Å². The Morgan fingerprint density at radius 2 is 1.93 bits per heavy atom. The highest BCUT2D eigenvalue weighted by Gasteiger charge is 2.11. The van der Waals surface area contributed by atoms with Gasteiger partial charge in [-0.15, -0.1) is 0 Å². The van der Waals surface area contributed by atoms with Crippen molar-refractivity contribution in [3.05, 3.63) is 0 Å². The van der Waals surface area contributed by atoms with E-state index in [4.69, 9.17) is 16.3 Å². The molecule has 1 unspecified atom stereocenters. The Labute approximate surface area is 86.8 Å². The average molecular weight is 245 g/mol. The first kappa shape index (κ1) is 13.7. The van der Waals surface area contributed by atoms with Crippen molar-refractivity contribution >= 4 is 30.7 Å². The number of rotatable bonds is 7. The van der Waals surface area contributed by atoms with Gasteiger partial charge in [-0.25, -0.2) is 4.79 Å². The van der Waals surface area contributed by atoms with Gasteiger partial charge in [-0.05, 0) is 11.2 Å². The Kier molecular flexibility index (Phi) is 7.93. The summed E-state index contributed by atoms with van der Waals surface area (Å²) in [6.07, 6.45) is 0. The third kappa shape index (κ3) is 7.17. The number of esters is 1. The van der Waals surface area contributed by atoms with Crippen LogP contribution in [-0.2, 0) is 23.4 Å². The van der Waals surface area contributed by atoms with Gasteiger partial charge in [-0.3, -0.25) is 4.79 Å². The first-order valence-electron chi connectivity index (χ1n) is 3.51. The summed E-state index contributed by atoms with van der Waals surface area (Å²) in [5.41, 5.74) is 0. The second-order valence-corrected chi connectivity index (χ2v) is 3.80. The van der Waals surface area contributed by atoms with Gasteiger partial charge in [0.2, 0.25) is 0 Å². The lowest BCUT2D eigenvalue weighted by Gasteiger charge is -2.08. The van der Waals surface area contributed by atoms with Gasteiger partial charge in [-0.1, -0.05) is 0 Å². The van der Waals surface area contributed by atoms with Crippen LogP contribution in [0, 0.1) is 0 Å². The van der Waals surface area contributed by atoms with Gasteiger partial charge in [0.25, 0.3) is 7.73 Å². The lowest BCUT2D eigenvalue weighted by molar-refractivity contribution is -0.142. The normalized spacial score (nSPS) is 12.2. The van der Waals surface area contributed by atoms with Crippen LogP contribution < -0.4 is 0 Å². The first-order valence-corrected chi connectivity index (χ1v) is 5.59. The van der Waals surface area contributed by atoms with Crippen LogP contribution in [0.15, 0.2) is 0 Å². The molecule has 0 bridgehead atoms. The minimum Gasteiger partial charge on any atom is -0.467 e. The maximum Gasteiger partial charge on any atom is 0.332 e. The van der Waals surface area contributed by atoms with E-state index in [1.807, 2.05) is 0 Å². The van der Waals surface area contributed by atoms with Gasteiger partial charge in [0.05, 0.1) is 7.11 Å². The summed E-state index contributed by atoms with van der Waals surface area (Å²) in [6.45, 7) is -1.29. The lowest BCUT2D eigenvalue weighted by atomic mass is 10.5. The number of aliphatic hydroxyl groups excluding tert-OH is 1. The molecule has 0 heterocycles. The number of carbonyl (C=O) groups is 2. The Morgan fingerprint density at radius 3 is 2.43 bits per heavy atom. The molecule has 0 aromatic heterocycles. The molecule has 14 heavy (non-hydrogen) atoms. The van der Waals surface area contributed by atoms with Gasteiger partial charge in [0.15, 0.2) is 12.4 Å². The van der Waals surface area contributed by atoms with Crippen molar-refractivity contribution in [1.82, 2.24) is 0 Å². The SMILES string of the molecule is COC(=O)COP(Cl)OCC(=O)CO. The molecule has 0 aliphatic heterocycles. The summed E-state index contributed by atoms with van der Waals surface area (Å²) >= 11 is 5.46. The van der Waals surface area contributed by atoms with E-state index in [-0.39, 0.29) is 13.2 Å². The van der Waals surface area contributed by atoms with E-state index in [1.54, 1.807) is 0 Å². The predicted octanol–water partition coefficient (Wildman–Crippen LogP) is 0.220. The maximum atomic E-state index is 10.6. The van der Waals surface area contributed by atoms with Crippen molar-refractivity contribution in [3.8, 4) is 0 Å². The summed E-state index contributed by atoms with van der Waals surface area (Å²) in [4.78, 5) is 21.1. The standard InChI is InChI=1S/C6H10ClO6P/c1-11-6(10)4-13-14(7)12-3-5(9)2-8/h8H,2-4H2,1H3. The second-order valence-electron chi connectivity index (χ2n) is 2.03. The highest BCUT2D eigenvalue weighted by atomic mass is 35.7. The molecule has 1 atom stereocenters. The number of carbonyl (C=O) groups excluding carboxylic acids is 2. The first-order chi connectivity index (χ1) is 6.60. The number of hydrogen-bond acceptors (Lipinski definition) is 6. The molecule has 1 N–H and O–H groups in total. The Bertz CT molecular complexity index is 179. The molecule has 0 saturated carbocycles. The minimum atomic E-state index is -1.82. The van der Waals surface area contributed by atoms with Crippen LogP contribution in [0.4, 0.5) is 0 Å². The number of Topliss-reactive ketones (excluding diaryl/α,β-unsaturated/α-hetero) is 1. The Morgan fingerprint density at radius 1 is 1.36 bits per heavy atom. The molecule has 0 spiro atoms. The number of halogens is 1. The summed E-state index contributed by atoms with van der Waals surface area (Å²) in [5, 5.41) is 8.32. The van der Waals surface area contributed by atoms with Gasteiger partial charge in [0, 0.05) is 0 Å².